The molecule has 4 heteroatoms. The number of nitrogens with zero attached hydrogens (tertiary/aromatic N) is 2. The second-order valence-corrected chi connectivity index (χ2v) is 3.85. The Morgan fingerprint density at radius 1 is 1.41 bits per heavy atom. The van der Waals surface area contributed by atoms with Crippen LogP contribution in [-0.2, 0) is 4.74 Å². The lowest BCUT2D eigenvalue weighted by molar-refractivity contribution is 0.134. The molecule has 0 radical (unpaired) electrons. The summed E-state index contributed by atoms with van der Waals surface area (Å²) in [6.45, 7) is 6.33. The molecule has 0 saturated carbocycles. The van der Waals surface area contributed by atoms with Gasteiger partial charge in [0.05, 0.1) is 5.56 Å². The van der Waals surface area contributed by atoms with E-state index in [1.165, 1.54) is 0 Å². The molecule has 1 aromatic rings. The highest BCUT2D eigenvalue weighted by molar-refractivity contribution is 5.52. The highest BCUT2D eigenvalue weighted by Gasteiger charge is 2.02. The summed E-state index contributed by atoms with van der Waals surface area (Å²) in [5, 5.41) is 12.1. The number of rotatable bonds is 7. The van der Waals surface area contributed by atoms with Crippen LogP contribution >= 0.6 is 0 Å². The maximum atomic E-state index is 8.93. The van der Waals surface area contributed by atoms with Gasteiger partial charge in [-0.1, -0.05) is 6.92 Å². The average Bonchev–Trinajstić information content (AvgIpc) is 2.34. The van der Waals surface area contributed by atoms with Crippen molar-refractivity contribution in [3.05, 3.63) is 23.4 Å². The summed E-state index contributed by atoms with van der Waals surface area (Å²) in [6.07, 6.45) is 1.96. The molecule has 0 spiro atoms. The Morgan fingerprint density at radius 3 is 2.94 bits per heavy atom. The molecule has 4 nitrogen and oxygen atoms in total. The van der Waals surface area contributed by atoms with E-state index in [-0.39, 0.29) is 0 Å². The summed E-state index contributed by atoms with van der Waals surface area (Å²) >= 11 is 0. The molecule has 1 rings (SSSR count). The third-order valence-electron chi connectivity index (χ3n) is 2.26. The van der Waals surface area contributed by atoms with Gasteiger partial charge >= 0.3 is 0 Å². The van der Waals surface area contributed by atoms with Gasteiger partial charge < -0.3 is 10.1 Å². The predicted octanol–water partition coefficient (Wildman–Crippen LogP) is 2.49. The Morgan fingerprint density at radius 2 is 2.24 bits per heavy atom. The number of hydrogen-bond donors (Lipinski definition) is 1. The summed E-state index contributed by atoms with van der Waals surface area (Å²) in [5.41, 5.74) is 1.50. The molecule has 1 N–H and O–H groups in total. The van der Waals surface area contributed by atoms with Crippen LogP contribution in [-0.4, -0.2) is 24.7 Å². The summed E-state index contributed by atoms with van der Waals surface area (Å²) in [5.74, 6) is 0.669. The third-order valence-corrected chi connectivity index (χ3v) is 2.26. The monoisotopic (exact) mass is 233 g/mol. The average molecular weight is 233 g/mol. The first kappa shape index (κ1) is 13.5. The molecule has 0 saturated heterocycles. The number of nitriles is 1. The van der Waals surface area contributed by atoms with Crippen molar-refractivity contribution in [2.45, 2.75) is 26.7 Å². The Hall–Kier alpha value is -1.60. The van der Waals surface area contributed by atoms with Crippen molar-refractivity contribution in [2.24, 2.45) is 0 Å². The van der Waals surface area contributed by atoms with Gasteiger partial charge in [-0.05, 0) is 31.9 Å². The zero-order chi connectivity index (χ0) is 12.5. The van der Waals surface area contributed by atoms with Gasteiger partial charge in [-0.2, -0.15) is 5.26 Å². The number of hydrogen-bond acceptors (Lipinski definition) is 4. The van der Waals surface area contributed by atoms with Gasteiger partial charge in [0.15, 0.2) is 0 Å². The SMILES string of the molecule is CCCOCCCNc1nc(C)ccc1C#N. The highest BCUT2D eigenvalue weighted by Crippen LogP contribution is 2.11. The van der Waals surface area contributed by atoms with E-state index in [1.807, 2.05) is 13.0 Å². The number of ether oxygens (including phenoxy) is 1. The maximum Gasteiger partial charge on any atom is 0.144 e. The molecule has 0 amide bonds. The molecule has 0 bridgehead atoms. The predicted molar refractivity (Wildman–Crippen MR) is 67.9 cm³/mol. The van der Waals surface area contributed by atoms with Gasteiger partial charge in [-0.25, -0.2) is 4.98 Å². The Bertz CT molecular complexity index is 385. The van der Waals surface area contributed by atoms with E-state index in [4.69, 9.17) is 10.00 Å². The van der Waals surface area contributed by atoms with Gasteiger partial charge in [0, 0.05) is 25.5 Å². The Kier molecular flexibility index (Phi) is 6.05. The second-order valence-electron chi connectivity index (χ2n) is 3.85. The van der Waals surface area contributed by atoms with Crippen LogP contribution in [0.15, 0.2) is 12.1 Å². The molecule has 0 unspecified atom stereocenters. The van der Waals surface area contributed by atoms with E-state index >= 15 is 0 Å². The molecule has 0 atom stereocenters. The van der Waals surface area contributed by atoms with Crippen LogP contribution in [0.4, 0.5) is 5.82 Å². The first-order valence-electron chi connectivity index (χ1n) is 5.97. The van der Waals surface area contributed by atoms with Crippen molar-refractivity contribution in [2.75, 3.05) is 25.1 Å². The lowest BCUT2D eigenvalue weighted by Gasteiger charge is -2.08. The number of aryl methyl sites for hydroxylation is 1. The molecule has 0 aromatic carbocycles. The van der Waals surface area contributed by atoms with Crippen molar-refractivity contribution in [3.8, 4) is 6.07 Å². The van der Waals surface area contributed by atoms with E-state index in [0.29, 0.717) is 11.4 Å². The fourth-order valence-corrected chi connectivity index (χ4v) is 1.41. The van der Waals surface area contributed by atoms with E-state index in [1.54, 1.807) is 6.07 Å². The molecular weight excluding hydrogens is 214 g/mol. The minimum absolute atomic E-state index is 0.588. The molecule has 0 fully saturated rings. The largest absolute Gasteiger partial charge is 0.381 e. The van der Waals surface area contributed by atoms with Gasteiger partial charge in [-0.15, -0.1) is 0 Å². The molecule has 17 heavy (non-hydrogen) atoms. The van der Waals surface area contributed by atoms with Gasteiger partial charge in [0.2, 0.25) is 0 Å². The molecule has 0 aliphatic carbocycles. The summed E-state index contributed by atoms with van der Waals surface area (Å²) < 4.78 is 5.38. The summed E-state index contributed by atoms with van der Waals surface area (Å²) in [4.78, 5) is 4.30. The van der Waals surface area contributed by atoms with Gasteiger partial charge in [0.1, 0.15) is 11.9 Å². The quantitative estimate of drug-likeness (QED) is 0.735. The highest BCUT2D eigenvalue weighted by atomic mass is 16.5. The first-order chi connectivity index (χ1) is 8.27. The van der Waals surface area contributed by atoms with Crippen LogP contribution in [0.5, 0.6) is 0 Å². The van der Waals surface area contributed by atoms with E-state index in [0.717, 1.165) is 38.3 Å². The normalized spacial score (nSPS) is 9.94. The molecule has 0 aliphatic heterocycles. The number of nitrogens with one attached hydrogen (secondary N) is 1. The topological polar surface area (TPSA) is 57.9 Å². The van der Waals surface area contributed by atoms with Crippen LogP contribution in [0, 0.1) is 18.3 Å². The third kappa shape index (κ3) is 4.83. The number of aromatic nitrogens is 1. The lowest BCUT2D eigenvalue weighted by atomic mass is 10.2. The van der Waals surface area contributed by atoms with Crippen LogP contribution < -0.4 is 5.32 Å². The van der Waals surface area contributed by atoms with E-state index < -0.39 is 0 Å². The Balaban J connectivity index is 2.36. The van der Waals surface area contributed by atoms with E-state index in [9.17, 15) is 0 Å². The summed E-state index contributed by atoms with van der Waals surface area (Å²) in [7, 11) is 0. The zero-order valence-electron chi connectivity index (χ0n) is 10.5. The number of anilines is 1. The molecule has 0 aliphatic rings. The van der Waals surface area contributed by atoms with Crippen molar-refractivity contribution < 1.29 is 4.74 Å². The molecule has 1 aromatic heterocycles. The minimum Gasteiger partial charge on any atom is -0.381 e. The standard InChI is InChI=1S/C13H19N3O/c1-3-8-17-9-4-7-15-13-12(10-14)6-5-11(2)16-13/h5-6H,3-4,7-9H2,1-2H3,(H,15,16). The fraction of sp³-hybridized carbons (Fsp3) is 0.538. The van der Waals surface area contributed by atoms with Crippen molar-refractivity contribution in [3.63, 3.8) is 0 Å². The van der Waals surface area contributed by atoms with E-state index in [2.05, 4.69) is 23.3 Å². The van der Waals surface area contributed by atoms with Crippen molar-refractivity contribution in [1.29, 1.82) is 5.26 Å². The van der Waals surface area contributed by atoms with Gasteiger partial charge in [0.25, 0.3) is 0 Å². The van der Waals surface area contributed by atoms with Crippen molar-refractivity contribution in [1.82, 2.24) is 4.98 Å². The first-order valence-corrected chi connectivity index (χ1v) is 5.97. The van der Waals surface area contributed by atoms with Crippen LogP contribution in [0.25, 0.3) is 0 Å². The molecule has 1 heterocycles. The minimum atomic E-state index is 0.588. The smallest absolute Gasteiger partial charge is 0.144 e. The lowest BCUT2D eigenvalue weighted by Crippen LogP contribution is -2.09. The zero-order valence-corrected chi connectivity index (χ0v) is 10.5. The van der Waals surface area contributed by atoms with Gasteiger partial charge in [-0.3, -0.25) is 0 Å². The summed E-state index contributed by atoms with van der Waals surface area (Å²) in [6, 6.07) is 5.76. The van der Waals surface area contributed by atoms with Crippen molar-refractivity contribution >= 4 is 5.82 Å². The Labute approximate surface area is 103 Å². The molecular formula is C13H19N3O. The number of pyridine rings is 1. The van der Waals surface area contributed by atoms with Crippen LogP contribution in [0.2, 0.25) is 0 Å². The maximum absolute atomic E-state index is 8.93. The van der Waals surface area contributed by atoms with Crippen LogP contribution in [0.1, 0.15) is 31.0 Å². The van der Waals surface area contributed by atoms with Crippen LogP contribution in [0.3, 0.4) is 0 Å². The second kappa shape index (κ2) is 7.64. The molecule has 92 valence electrons. The fourth-order valence-electron chi connectivity index (χ4n) is 1.41.